The topological polar surface area (TPSA) is 176 Å². The molecule has 0 saturated carbocycles. The molecule has 7 N–H and O–H groups in total. The molecule has 1 aliphatic heterocycles. The summed E-state index contributed by atoms with van der Waals surface area (Å²) in [6.07, 6.45) is -0.317. The van der Waals surface area contributed by atoms with E-state index in [1.165, 1.54) is 0 Å². The molecule has 2 atom stereocenters. The van der Waals surface area contributed by atoms with Gasteiger partial charge in [0.1, 0.15) is 5.84 Å². The van der Waals surface area contributed by atoms with Crippen molar-refractivity contribution >= 4 is 29.4 Å². The van der Waals surface area contributed by atoms with Gasteiger partial charge in [0.05, 0.1) is 18.4 Å². The summed E-state index contributed by atoms with van der Waals surface area (Å²) in [5.41, 5.74) is 7.00. The average molecular weight is 455 g/mol. The number of nitrogens with two attached hydrogens (primary N) is 1. The van der Waals surface area contributed by atoms with Gasteiger partial charge in [-0.3, -0.25) is 15.0 Å². The Hall–Kier alpha value is -4.28. The molecule has 3 amide bonds. The smallest absolute Gasteiger partial charge is 0.319 e. The van der Waals surface area contributed by atoms with Gasteiger partial charge in [0, 0.05) is 17.8 Å². The van der Waals surface area contributed by atoms with Gasteiger partial charge >= 0.3 is 12.0 Å². The largest absolute Gasteiger partial charge is 0.481 e. The van der Waals surface area contributed by atoms with Crippen molar-refractivity contribution in [2.24, 2.45) is 11.7 Å². The Labute approximate surface area is 189 Å². The lowest BCUT2D eigenvalue weighted by atomic mass is 10.0. The van der Waals surface area contributed by atoms with Crippen LogP contribution in [0, 0.1) is 11.3 Å². The van der Waals surface area contributed by atoms with Crippen LogP contribution in [0.4, 0.5) is 10.5 Å². The second-order valence-corrected chi connectivity index (χ2v) is 7.50. The van der Waals surface area contributed by atoms with Crippen LogP contribution in [0.3, 0.4) is 0 Å². The van der Waals surface area contributed by atoms with E-state index in [4.69, 9.17) is 20.6 Å². The lowest BCUT2D eigenvalue weighted by Crippen LogP contribution is -2.40. The van der Waals surface area contributed by atoms with Crippen molar-refractivity contribution in [3.63, 3.8) is 0 Å². The van der Waals surface area contributed by atoms with Crippen molar-refractivity contribution in [2.45, 2.75) is 19.4 Å². The SMILES string of the molecule is C[C@H](CNC(=O)Nc1ccc(C(=N)N)cc1)C(=O)NC(CC(=O)O)c1ccc2c(c1)OCO2. The van der Waals surface area contributed by atoms with Crippen LogP contribution in [0.15, 0.2) is 42.5 Å². The third-order valence-corrected chi connectivity index (χ3v) is 4.96. The summed E-state index contributed by atoms with van der Waals surface area (Å²) >= 11 is 0. The van der Waals surface area contributed by atoms with E-state index in [0.717, 1.165) is 0 Å². The van der Waals surface area contributed by atoms with Crippen LogP contribution in [-0.4, -0.2) is 42.2 Å². The zero-order chi connectivity index (χ0) is 24.0. The quantitative estimate of drug-likeness (QED) is 0.247. The summed E-state index contributed by atoms with van der Waals surface area (Å²) in [5, 5.41) is 24.6. The number of hydrogen-bond acceptors (Lipinski definition) is 6. The first-order valence-electron chi connectivity index (χ1n) is 10.1. The van der Waals surface area contributed by atoms with Gasteiger partial charge in [-0.1, -0.05) is 13.0 Å². The highest BCUT2D eigenvalue weighted by Crippen LogP contribution is 2.34. The summed E-state index contributed by atoms with van der Waals surface area (Å²) in [7, 11) is 0. The number of carboxylic acid groups (broad SMARTS) is 1. The molecule has 0 aromatic heterocycles. The predicted molar refractivity (Wildman–Crippen MR) is 119 cm³/mol. The fourth-order valence-electron chi connectivity index (χ4n) is 3.12. The number of ether oxygens (including phenoxy) is 2. The maximum Gasteiger partial charge on any atom is 0.319 e. The number of nitrogen functional groups attached to an aromatic ring is 1. The molecule has 0 fully saturated rings. The lowest BCUT2D eigenvalue weighted by Gasteiger charge is -2.21. The number of rotatable bonds is 9. The first-order chi connectivity index (χ1) is 15.7. The summed E-state index contributed by atoms with van der Waals surface area (Å²) in [6.45, 7) is 1.74. The molecule has 174 valence electrons. The van der Waals surface area contributed by atoms with Crippen molar-refractivity contribution in [1.82, 2.24) is 10.6 Å². The minimum Gasteiger partial charge on any atom is -0.481 e. The van der Waals surface area contributed by atoms with Gasteiger partial charge in [-0.25, -0.2) is 4.79 Å². The van der Waals surface area contributed by atoms with Crippen molar-refractivity contribution in [2.75, 3.05) is 18.7 Å². The van der Waals surface area contributed by atoms with Crippen LogP contribution in [0.1, 0.15) is 30.5 Å². The molecule has 0 bridgehead atoms. The Bertz CT molecular complexity index is 1060. The van der Waals surface area contributed by atoms with Crippen LogP contribution in [0.2, 0.25) is 0 Å². The van der Waals surface area contributed by atoms with E-state index >= 15 is 0 Å². The van der Waals surface area contributed by atoms with E-state index in [0.29, 0.717) is 28.3 Å². The second kappa shape index (κ2) is 10.4. The molecule has 3 rings (SSSR count). The Kier molecular flexibility index (Phi) is 7.34. The minimum atomic E-state index is -1.07. The zero-order valence-electron chi connectivity index (χ0n) is 17.9. The van der Waals surface area contributed by atoms with Crippen molar-refractivity contribution in [3.8, 4) is 11.5 Å². The number of carbonyl (C=O) groups excluding carboxylic acids is 2. The van der Waals surface area contributed by atoms with Crippen LogP contribution in [-0.2, 0) is 9.59 Å². The third-order valence-electron chi connectivity index (χ3n) is 4.96. The number of carboxylic acids is 1. The van der Waals surface area contributed by atoms with Gasteiger partial charge in [-0.15, -0.1) is 0 Å². The van der Waals surface area contributed by atoms with Gasteiger partial charge in [0.15, 0.2) is 11.5 Å². The summed E-state index contributed by atoms with van der Waals surface area (Å²) in [4.78, 5) is 36.1. The molecule has 0 saturated heterocycles. The number of amidine groups is 1. The maximum absolute atomic E-state index is 12.7. The fraction of sp³-hybridized carbons (Fsp3) is 0.273. The maximum atomic E-state index is 12.7. The Balaban J connectivity index is 1.54. The number of hydrogen-bond donors (Lipinski definition) is 6. The van der Waals surface area contributed by atoms with Crippen molar-refractivity contribution in [3.05, 3.63) is 53.6 Å². The highest BCUT2D eigenvalue weighted by atomic mass is 16.7. The first kappa shape index (κ1) is 23.4. The molecule has 0 radical (unpaired) electrons. The number of nitrogens with one attached hydrogen (secondary N) is 4. The first-order valence-corrected chi connectivity index (χ1v) is 10.1. The number of aliphatic carboxylic acids is 1. The number of urea groups is 1. The molecule has 1 aliphatic rings. The number of fused-ring (bicyclic) bond motifs is 1. The highest BCUT2D eigenvalue weighted by Gasteiger charge is 2.24. The van der Waals surface area contributed by atoms with Gasteiger partial charge in [-0.2, -0.15) is 0 Å². The van der Waals surface area contributed by atoms with E-state index in [2.05, 4.69) is 16.0 Å². The molecule has 0 aliphatic carbocycles. The lowest BCUT2D eigenvalue weighted by molar-refractivity contribution is -0.137. The summed E-state index contributed by atoms with van der Waals surface area (Å²) < 4.78 is 10.6. The molecule has 2 aromatic carbocycles. The monoisotopic (exact) mass is 455 g/mol. The minimum absolute atomic E-state index is 0.0319. The highest BCUT2D eigenvalue weighted by molar-refractivity contribution is 5.96. The van der Waals surface area contributed by atoms with Gasteiger partial charge in [0.2, 0.25) is 12.7 Å². The Morgan fingerprint density at radius 2 is 1.82 bits per heavy atom. The van der Waals surface area contributed by atoms with E-state index < -0.39 is 29.9 Å². The molecule has 11 heteroatoms. The van der Waals surface area contributed by atoms with E-state index in [9.17, 15) is 19.5 Å². The predicted octanol–water partition coefficient (Wildman–Crippen LogP) is 1.79. The molecule has 33 heavy (non-hydrogen) atoms. The van der Waals surface area contributed by atoms with Gasteiger partial charge in [0.25, 0.3) is 0 Å². The summed E-state index contributed by atoms with van der Waals surface area (Å²) in [6, 6.07) is 10.1. The fourth-order valence-corrected chi connectivity index (χ4v) is 3.12. The molecule has 1 unspecified atom stereocenters. The normalized spacial score (nSPS) is 13.5. The Morgan fingerprint density at radius 1 is 1.12 bits per heavy atom. The number of amides is 3. The van der Waals surface area contributed by atoms with Crippen LogP contribution in [0.5, 0.6) is 11.5 Å². The summed E-state index contributed by atoms with van der Waals surface area (Å²) in [5.74, 6) is -1.14. The van der Waals surface area contributed by atoms with Crippen molar-refractivity contribution in [1.29, 1.82) is 5.41 Å². The molecule has 0 spiro atoms. The number of benzene rings is 2. The zero-order valence-corrected chi connectivity index (χ0v) is 17.9. The standard InChI is InChI=1S/C22H25N5O6/c1-12(10-25-22(31)26-15-5-2-13(3-6-15)20(23)24)21(30)27-16(9-19(28)29)14-4-7-17-18(8-14)33-11-32-17/h2-8,12,16H,9-11H2,1H3,(H3,23,24)(H,27,30)(H,28,29)(H2,25,26,31)/t12-,16?/m1/s1. The second-order valence-electron chi connectivity index (χ2n) is 7.50. The van der Waals surface area contributed by atoms with E-state index in [-0.39, 0.29) is 25.6 Å². The average Bonchev–Trinajstić information content (AvgIpc) is 3.25. The third kappa shape index (κ3) is 6.35. The van der Waals surface area contributed by atoms with E-state index in [1.54, 1.807) is 49.4 Å². The molecule has 2 aromatic rings. The number of anilines is 1. The molecular formula is C22H25N5O6. The van der Waals surface area contributed by atoms with Crippen LogP contribution >= 0.6 is 0 Å². The molecule has 11 nitrogen and oxygen atoms in total. The molecular weight excluding hydrogens is 430 g/mol. The number of carbonyl (C=O) groups is 3. The van der Waals surface area contributed by atoms with E-state index in [1.807, 2.05) is 0 Å². The van der Waals surface area contributed by atoms with Crippen LogP contribution < -0.4 is 31.2 Å². The molecule has 1 heterocycles. The van der Waals surface area contributed by atoms with Gasteiger partial charge in [-0.05, 0) is 42.0 Å². The van der Waals surface area contributed by atoms with Crippen molar-refractivity contribution < 1.29 is 29.0 Å². The van der Waals surface area contributed by atoms with Crippen LogP contribution in [0.25, 0.3) is 0 Å². The Morgan fingerprint density at radius 3 is 2.48 bits per heavy atom. The van der Waals surface area contributed by atoms with Gasteiger partial charge < -0.3 is 36.3 Å².